The Morgan fingerprint density at radius 3 is 2.89 bits per heavy atom. The first-order chi connectivity index (χ1) is 8.69. The number of hydrogen-bond acceptors (Lipinski definition) is 2. The summed E-state index contributed by atoms with van der Waals surface area (Å²) < 4.78 is 14.1. The second-order valence-corrected chi connectivity index (χ2v) is 6.13. The summed E-state index contributed by atoms with van der Waals surface area (Å²) in [4.78, 5) is 0. The fraction of sp³-hybridized carbons (Fsp3) is 0.571. The van der Waals surface area contributed by atoms with E-state index in [0.29, 0.717) is 10.5 Å². The zero-order valence-electron chi connectivity index (χ0n) is 11.0. The van der Waals surface area contributed by atoms with E-state index < -0.39 is 0 Å². The molecule has 0 saturated heterocycles. The van der Waals surface area contributed by atoms with E-state index in [1.54, 1.807) is 6.07 Å². The smallest absolute Gasteiger partial charge is 0.137 e. The van der Waals surface area contributed by atoms with Crippen molar-refractivity contribution in [1.82, 2.24) is 5.32 Å². The molecule has 102 valence electrons. The highest BCUT2D eigenvalue weighted by molar-refractivity contribution is 9.10. The van der Waals surface area contributed by atoms with Crippen LogP contribution in [-0.2, 0) is 6.42 Å². The van der Waals surface area contributed by atoms with Crippen LogP contribution in [0.2, 0.25) is 0 Å². The van der Waals surface area contributed by atoms with E-state index in [0.717, 1.165) is 37.1 Å². The topological polar surface area (TPSA) is 12.0 Å². The van der Waals surface area contributed by atoms with Crippen molar-refractivity contribution in [3.05, 3.63) is 34.1 Å². The van der Waals surface area contributed by atoms with E-state index in [9.17, 15) is 4.39 Å². The van der Waals surface area contributed by atoms with E-state index in [4.69, 9.17) is 0 Å². The molecule has 0 aliphatic heterocycles. The number of rotatable bonds is 8. The van der Waals surface area contributed by atoms with Crippen molar-refractivity contribution >= 4 is 27.7 Å². The molecule has 0 fully saturated rings. The van der Waals surface area contributed by atoms with Gasteiger partial charge in [0, 0.05) is 6.04 Å². The Balaban J connectivity index is 2.65. The molecule has 1 aromatic rings. The monoisotopic (exact) mass is 333 g/mol. The predicted octanol–water partition coefficient (Wildman–Crippen LogP) is 4.25. The molecule has 0 amide bonds. The van der Waals surface area contributed by atoms with Crippen molar-refractivity contribution in [2.45, 2.75) is 32.2 Å². The number of nitrogens with one attached hydrogen (secondary N) is 1. The van der Waals surface area contributed by atoms with Crippen molar-refractivity contribution < 1.29 is 4.39 Å². The third kappa shape index (κ3) is 5.29. The van der Waals surface area contributed by atoms with Crippen molar-refractivity contribution in [2.75, 3.05) is 18.6 Å². The Hall–Kier alpha value is -0.0600. The summed E-state index contributed by atoms with van der Waals surface area (Å²) in [6, 6.07) is 5.69. The maximum atomic E-state index is 13.5. The maximum Gasteiger partial charge on any atom is 0.137 e. The van der Waals surface area contributed by atoms with Gasteiger partial charge >= 0.3 is 0 Å². The van der Waals surface area contributed by atoms with E-state index in [2.05, 4.69) is 34.4 Å². The van der Waals surface area contributed by atoms with E-state index in [-0.39, 0.29) is 5.82 Å². The van der Waals surface area contributed by atoms with Gasteiger partial charge in [-0.3, -0.25) is 0 Å². The molecule has 1 N–H and O–H groups in total. The Morgan fingerprint density at radius 2 is 2.22 bits per heavy atom. The maximum absolute atomic E-state index is 13.5. The summed E-state index contributed by atoms with van der Waals surface area (Å²) in [5.74, 6) is 0.959. The van der Waals surface area contributed by atoms with Gasteiger partial charge in [-0.2, -0.15) is 11.8 Å². The molecule has 0 bridgehead atoms. The van der Waals surface area contributed by atoms with Crippen LogP contribution in [0.3, 0.4) is 0 Å². The van der Waals surface area contributed by atoms with E-state index >= 15 is 0 Å². The van der Waals surface area contributed by atoms with Gasteiger partial charge in [-0.25, -0.2) is 4.39 Å². The summed E-state index contributed by atoms with van der Waals surface area (Å²) in [6.07, 6.45) is 5.23. The minimum atomic E-state index is -0.174. The minimum absolute atomic E-state index is 0.174. The molecular formula is C14H21BrFNS. The zero-order chi connectivity index (χ0) is 13.4. The van der Waals surface area contributed by atoms with Crippen LogP contribution < -0.4 is 5.32 Å². The average molecular weight is 334 g/mol. The standard InChI is InChI=1S/C14H21BrFNS/c1-3-8-17-12(7-9-18-2)10-11-5-4-6-13(16)14(11)15/h4-6,12,17H,3,7-10H2,1-2H3. The van der Waals surface area contributed by atoms with Crippen LogP contribution in [0.25, 0.3) is 0 Å². The normalized spacial score (nSPS) is 12.7. The number of thioether (sulfide) groups is 1. The van der Waals surface area contributed by atoms with Crippen LogP contribution in [0.15, 0.2) is 22.7 Å². The molecule has 0 aliphatic carbocycles. The third-order valence-electron chi connectivity index (χ3n) is 2.85. The van der Waals surface area contributed by atoms with Gasteiger partial charge in [0.25, 0.3) is 0 Å². The van der Waals surface area contributed by atoms with Crippen LogP contribution in [-0.4, -0.2) is 24.6 Å². The summed E-state index contributed by atoms with van der Waals surface area (Å²) in [5.41, 5.74) is 1.05. The second kappa shape index (κ2) is 8.94. The summed E-state index contributed by atoms with van der Waals surface area (Å²) in [6.45, 7) is 3.18. The quantitative estimate of drug-likeness (QED) is 0.763. The summed E-state index contributed by atoms with van der Waals surface area (Å²) in [7, 11) is 0. The van der Waals surface area contributed by atoms with Crippen LogP contribution in [0.4, 0.5) is 4.39 Å². The Bertz CT molecular complexity index is 352. The van der Waals surface area contributed by atoms with Crippen LogP contribution >= 0.6 is 27.7 Å². The van der Waals surface area contributed by atoms with Crippen LogP contribution in [0, 0.1) is 5.82 Å². The molecule has 1 atom stereocenters. The Kier molecular flexibility index (Phi) is 7.95. The Morgan fingerprint density at radius 1 is 1.44 bits per heavy atom. The molecule has 1 rings (SSSR count). The molecule has 0 spiro atoms. The molecular weight excluding hydrogens is 313 g/mol. The lowest BCUT2D eigenvalue weighted by Gasteiger charge is -2.19. The molecule has 4 heteroatoms. The van der Waals surface area contributed by atoms with Crippen molar-refractivity contribution in [3.63, 3.8) is 0 Å². The molecule has 1 unspecified atom stereocenters. The van der Waals surface area contributed by atoms with Crippen molar-refractivity contribution in [1.29, 1.82) is 0 Å². The van der Waals surface area contributed by atoms with Gasteiger partial charge in [-0.05, 0) is 65.4 Å². The van der Waals surface area contributed by atoms with Gasteiger partial charge < -0.3 is 5.32 Å². The lowest BCUT2D eigenvalue weighted by atomic mass is 10.0. The second-order valence-electron chi connectivity index (χ2n) is 4.35. The van der Waals surface area contributed by atoms with Crippen molar-refractivity contribution in [2.24, 2.45) is 0 Å². The molecule has 0 aromatic heterocycles. The molecule has 0 aliphatic rings. The first-order valence-corrected chi connectivity index (χ1v) is 8.53. The van der Waals surface area contributed by atoms with E-state index in [1.165, 1.54) is 6.07 Å². The molecule has 0 radical (unpaired) electrons. The van der Waals surface area contributed by atoms with Gasteiger partial charge in [0.1, 0.15) is 5.82 Å². The first kappa shape index (κ1) is 16.0. The minimum Gasteiger partial charge on any atom is -0.314 e. The molecule has 1 nitrogen and oxygen atoms in total. The van der Waals surface area contributed by atoms with Gasteiger partial charge in [0.15, 0.2) is 0 Å². The predicted molar refractivity (Wildman–Crippen MR) is 82.9 cm³/mol. The number of hydrogen-bond donors (Lipinski definition) is 1. The lowest BCUT2D eigenvalue weighted by Crippen LogP contribution is -2.32. The number of halogens is 2. The SMILES string of the molecule is CCCNC(CCSC)Cc1cccc(F)c1Br. The van der Waals surface area contributed by atoms with Crippen LogP contribution in [0.1, 0.15) is 25.3 Å². The van der Waals surface area contributed by atoms with Crippen LogP contribution in [0.5, 0.6) is 0 Å². The molecule has 18 heavy (non-hydrogen) atoms. The van der Waals surface area contributed by atoms with Gasteiger partial charge in [-0.1, -0.05) is 19.1 Å². The fourth-order valence-electron chi connectivity index (χ4n) is 1.86. The summed E-state index contributed by atoms with van der Waals surface area (Å²) in [5, 5.41) is 3.54. The average Bonchev–Trinajstić information content (AvgIpc) is 2.38. The van der Waals surface area contributed by atoms with Gasteiger partial charge in [-0.15, -0.1) is 0 Å². The Labute approximate surface area is 122 Å². The lowest BCUT2D eigenvalue weighted by molar-refractivity contribution is 0.495. The molecule has 1 aromatic carbocycles. The summed E-state index contributed by atoms with van der Waals surface area (Å²) >= 11 is 5.19. The highest BCUT2D eigenvalue weighted by Crippen LogP contribution is 2.22. The van der Waals surface area contributed by atoms with Gasteiger partial charge in [0.05, 0.1) is 4.47 Å². The highest BCUT2D eigenvalue weighted by atomic mass is 79.9. The first-order valence-electron chi connectivity index (χ1n) is 6.34. The fourth-order valence-corrected chi connectivity index (χ4v) is 2.80. The van der Waals surface area contributed by atoms with Crippen molar-refractivity contribution in [3.8, 4) is 0 Å². The number of benzene rings is 1. The molecule has 0 heterocycles. The highest BCUT2D eigenvalue weighted by Gasteiger charge is 2.12. The third-order valence-corrected chi connectivity index (χ3v) is 4.38. The van der Waals surface area contributed by atoms with E-state index in [1.807, 2.05) is 17.8 Å². The molecule has 0 saturated carbocycles. The zero-order valence-corrected chi connectivity index (χ0v) is 13.4. The van der Waals surface area contributed by atoms with Gasteiger partial charge in [0.2, 0.25) is 0 Å². The largest absolute Gasteiger partial charge is 0.314 e.